The number of aryl methyl sites for hydroxylation is 1. The second kappa shape index (κ2) is 5.66. The topological polar surface area (TPSA) is 90.4 Å². The van der Waals surface area contributed by atoms with E-state index in [0.29, 0.717) is 11.4 Å². The summed E-state index contributed by atoms with van der Waals surface area (Å²) in [5.41, 5.74) is 0.994. The van der Waals surface area contributed by atoms with Gasteiger partial charge in [-0.3, -0.25) is 9.89 Å². The van der Waals surface area contributed by atoms with Crippen molar-refractivity contribution < 1.29 is 19.1 Å². The van der Waals surface area contributed by atoms with E-state index in [2.05, 4.69) is 14.6 Å². The van der Waals surface area contributed by atoms with Crippen LogP contribution in [0.1, 0.15) is 26.4 Å². The molecule has 0 spiro atoms. The third kappa shape index (κ3) is 2.86. The van der Waals surface area contributed by atoms with Crippen LogP contribution in [0.4, 0.5) is 0 Å². The second-order valence-corrected chi connectivity index (χ2v) is 4.36. The fourth-order valence-electron chi connectivity index (χ4n) is 1.92. The van der Waals surface area contributed by atoms with Crippen LogP contribution >= 0.6 is 0 Å². The van der Waals surface area contributed by atoms with Crippen LogP contribution in [0, 0.1) is 6.92 Å². The van der Waals surface area contributed by atoms with E-state index >= 15 is 0 Å². The Hall–Kier alpha value is -2.83. The van der Waals surface area contributed by atoms with Crippen LogP contribution in [0.15, 0.2) is 29.1 Å². The number of rotatable bonds is 3. The summed E-state index contributed by atoms with van der Waals surface area (Å²) >= 11 is 0. The average molecular weight is 290 g/mol. The quantitative estimate of drug-likeness (QED) is 0.853. The van der Waals surface area contributed by atoms with Gasteiger partial charge in [0.2, 0.25) is 0 Å². The molecule has 0 saturated carbocycles. The number of nitrogens with zero attached hydrogens (tertiary/aromatic N) is 1. The first-order valence-electron chi connectivity index (χ1n) is 6.07. The van der Waals surface area contributed by atoms with E-state index in [9.17, 15) is 14.4 Å². The molecule has 0 saturated heterocycles. The van der Waals surface area contributed by atoms with Crippen LogP contribution in [-0.4, -0.2) is 35.9 Å². The first kappa shape index (κ1) is 14.6. The molecule has 7 heteroatoms. The van der Waals surface area contributed by atoms with Gasteiger partial charge >= 0.3 is 11.9 Å². The maximum Gasteiger partial charge on any atom is 0.337 e. The van der Waals surface area contributed by atoms with Crippen LogP contribution < -0.4 is 5.56 Å². The van der Waals surface area contributed by atoms with E-state index < -0.39 is 11.9 Å². The lowest BCUT2D eigenvalue weighted by Gasteiger charge is -2.08. The normalized spacial score (nSPS) is 10.2. The van der Waals surface area contributed by atoms with Crippen LogP contribution in [0.5, 0.6) is 0 Å². The molecule has 0 bridgehead atoms. The van der Waals surface area contributed by atoms with Crippen molar-refractivity contribution in [1.82, 2.24) is 9.78 Å². The number of carbonyl (C=O) groups excluding carboxylic acids is 2. The van der Waals surface area contributed by atoms with Gasteiger partial charge in [0.15, 0.2) is 0 Å². The number of ether oxygens (including phenoxy) is 2. The molecule has 2 rings (SSSR count). The van der Waals surface area contributed by atoms with Crippen molar-refractivity contribution in [2.45, 2.75) is 6.92 Å². The van der Waals surface area contributed by atoms with Gasteiger partial charge in [-0.25, -0.2) is 14.3 Å². The van der Waals surface area contributed by atoms with Gasteiger partial charge in [-0.1, -0.05) is 0 Å². The minimum Gasteiger partial charge on any atom is -0.465 e. The minimum atomic E-state index is -0.613. The van der Waals surface area contributed by atoms with Gasteiger partial charge in [0.05, 0.1) is 31.0 Å². The highest BCUT2D eigenvalue weighted by molar-refractivity contribution is 5.96. The van der Waals surface area contributed by atoms with Gasteiger partial charge < -0.3 is 9.47 Å². The van der Waals surface area contributed by atoms with E-state index in [1.165, 1.54) is 43.2 Å². The Balaban J connectivity index is 2.65. The monoisotopic (exact) mass is 290 g/mol. The molecule has 1 N–H and O–H groups in total. The number of hydrogen-bond acceptors (Lipinski definition) is 5. The van der Waals surface area contributed by atoms with Gasteiger partial charge in [-0.15, -0.1) is 0 Å². The first-order chi connectivity index (χ1) is 9.96. The zero-order chi connectivity index (χ0) is 15.6. The number of benzene rings is 1. The Morgan fingerprint density at radius 2 is 1.52 bits per heavy atom. The molecule has 7 nitrogen and oxygen atoms in total. The van der Waals surface area contributed by atoms with Crippen LogP contribution in [0.25, 0.3) is 5.69 Å². The number of aromatic amines is 1. The van der Waals surface area contributed by atoms with Gasteiger partial charge in [0.1, 0.15) is 0 Å². The lowest BCUT2D eigenvalue weighted by Crippen LogP contribution is -2.16. The molecule has 0 radical (unpaired) electrons. The molecule has 0 aliphatic carbocycles. The maximum absolute atomic E-state index is 11.8. The smallest absolute Gasteiger partial charge is 0.337 e. The molecule has 2 aromatic rings. The summed E-state index contributed by atoms with van der Waals surface area (Å²) in [5, 5.41) is 2.83. The molecular weight excluding hydrogens is 276 g/mol. The second-order valence-electron chi connectivity index (χ2n) is 4.36. The molecule has 21 heavy (non-hydrogen) atoms. The molecule has 0 unspecified atom stereocenters. The molecule has 0 amide bonds. The number of aromatic nitrogens is 2. The summed E-state index contributed by atoms with van der Waals surface area (Å²) in [5.74, 6) is -1.23. The van der Waals surface area contributed by atoms with E-state index in [-0.39, 0.29) is 16.7 Å². The molecule has 0 aliphatic heterocycles. The Kier molecular flexibility index (Phi) is 3.93. The molecule has 0 atom stereocenters. The average Bonchev–Trinajstić information content (AvgIpc) is 2.83. The highest BCUT2D eigenvalue weighted by atomic mass is 16.5. The SMILES string of the molecule is COC(=O)c1cc(C(=O)OC)cc(-n2[nH]c(C)cc2=O)c1. The van der Waals surface area contributed by atoms with Gasteiger partial charge in [0.25, 0.3) is 5.56 Å². The van der Waals surface area contributed by atoms with Gasteiger partial charge in [0, 0.05) is 11.8 Å². The van der Waals surface area contributed by atoms with E-state index in [4.69, 9.17) is 0 Å². The van der Waals surface area contributed by atoms with Gasteiger partial charge in [-0.05, 0) is 25.1 Å². The zero-order valence-corrected chi connectivity index (χ0v) is 11.8. The lowest BCUT2D eigenvalue weighted by molar-refractivity contribution is 0.0599. The van der Waals surface area contributed by atoms with Crippen molar-refractivity contribution >= 4 is 11.9 Å². The number of H-pyrrole nitrogens is 1. The Morgan fingerprint density at radius 3 is 1.90 bits per heavy atom. The Morgan fingerprint density at radius 1 is 1.00 bits per heavy atom. The summed E-state index contributed by atoms with van der Waals surface area (Å²) in [7, 11) is 2.47. The van der Waals surface area contributed by atoms with Crippen molar-refractivity contribution in [2.75, 3.05) is 14.2 Å². The standard InChI is InChI=1S/C14H14N2O5/c1-8-4-12(17)16(15-8)11-6-9(13(18)20-2)5-10(7-11)14(19)21-3/h4-7,15H,1-3H3. The summed E-state index contributed by atoms with van der Waals surface area (Å²) in [6.45, 7) is 1.73. The lowest BCUT2D eigenvalue weighted by atomic mass is 10.1. The number of esters is 2. The molecule has 0 fully saturated rings. The fraction of sp³-hybridized carbons (Fsp3) is 0.214. The summed E-state index contributed by atoms with van der Waals surface area (Å²) in [6.07, 6.45) is 0. The van der Waals surface area contributed by atoms with E-state index in [0.717, 1.165) is 0 Å². The third-order valence-corrected chi connectivity index (χ3v) is 2.87. The molecule has 1 aromatic carbocycles. The summed E-state index contributed by atoms with van der Waals surface area (Å²) < 4.78 is 10.5. The van der Waals surface area contributed by atoms with Crippen LogP contribution in [-0.2, 0) is 9.47 Å². The van der Waals surface area contributed by atoms with Crippen LogP contribution in [0.3, 0.4) is 0 Å². The predicted octanol–water partition coefficient (Wildman–Crippen LogP) is 1.05. The molecule has 1 aromatic heterocycles. The largest absolute Gasteiger partial charge is 0.465 e. The molecule has 0 aliphatic rings. The highest BCUT2D eigenvalue weighted by Crippen LogP contribution is 2.15. The van der Waals surface area contributed by atoms with Crippen molar-refractivity contribution in [3.05, 3.63) is 51.4 Å². The van der Waals surface area contributed by atoms with Crippen molar-refractivity contribution in [3.63, 3.8) is 0 Å². The Bertz CT molecular complexity index is 723. The molecular formula is C14H14N2O5. The number of nitrogens with one attached hydrogen (secondary N) is 1. The summed E-state index contributed by atoms with van der Waals surface area (Å²) in [6, 6.07) is 5.66. The fourth-order valence-corrected chi connectivity index (χ4v) is 1.92. The third-order valence-electron chi connectivity index (χ3n) is 2.87. The highest BCUT2D eigenvalue weighted by Gasteiger charge is 2.15. The number of carbonyl (C=O) groups is 2. The first-order valence-corrected chi connectivity index (χ1v) is 6.07. The minimum absolute atomic E-state index is 0.148. The van der Waals surface area contributed by atoms with Crippen molar-refractivity contribution in [1.29, 1.82) is 0 Å². The number of methoxy groups -OCH3 is 2. The van der Waals surface area contributed by atoms with Crippen molar-refractivity contribution in [2.24, 2.45) is 0 Å². The van der Waals surface area contributed by atoms with Crippen LogP contribution in [0.2, 0.25) is 0 Å². The number of hydrogen-bond donors (Lipinski definition) is 1. The summed E-state index contributed by atoms with van der Waals surface area (Å²) in [4.78, 5) is 35.2. The predicted molar refractivity (Wildman–Crippen MR) is 73.8 cm³/mol. The molecule has 110 valence electrons. The molecule has 1 heterocycles. The Labute approximate surface area is 120 Å². The van der Waals surface area contributed by atoms with Crippen molar-refractivity contribution in [3.8, 4) is 5.69 Å². The van der Waals surface area contributed by atoms with E-state index in [1.807, 2.05) is 0 Å². The van der Waals surface area contributed by atoms with Gasteiger partial charge in [-0.2, -0.15) is 0 Å². The zero-order valence-electron chi connectivity index (χ0n) is 11.8. The van der Waals surface area contributed by atoms with E-state index in [1.54, 1.807) is 6.92 Å². The maximum atomic E-state index is 11.8.